The SMILES string of the molecule is CC(N)CC(=O)Nc1cc2ccccc2cc1C(=O)O. The number of aromatic carboxylic acids is 1. The zero-order valence-corrected chi connectivity index (χ0v) is 11.1. The summed E-state index contributed by atoms with van der Waals surface area (Å²) in [6.45, 7) is 1.72. The van der Waals surface area contributed by atoms with Crippen LogP contribution >= 0.6 is 0 Å². The number of nitrogens with one attached hydrogen (secondary N) is 1. The van der Waals surface area contributed by atoms with Gasteiger partial charge in [0.05, 0.1) is 11.3 Å². The fraction of sp³-hybridized carbons (Fsp3) is 0.200. The molecule has 1 unspecified atom stereocenters. The van der Waals surface area contributed by atoms with Gasteiger partial charge < -0.3 is 16.2 Å². The monoisotopic (exact) mass is 272 g/mol. The minimum Gasteiger partial charge on any atom is -0.478 e. The summed E-state index contributed by atoms with van der Waals surface area (Å²) in [5.74, 6) is -1.37. The quantitative estimate of drug-likeness (QED) is 0.795. The Morgan fingerprint density at radius 1 is 1.25 bits per heavy atom. The first-order chi connectivity index (χ1) is 9.47. The Labute approximate surface area is 116 Å². The van der Waals surface area contributed by atoms with Gasteiger partial charge in [0, 0.05) is 12.5 Å². The summed E-state index contributed by atoms with van der Waals surface area (Å²) in [6, 6.07) is 10.3. The van der Waals surface area contributed by atoms with Crippen molar-refractivity contribution >= 4 is 28.3 Å². The molecule has 104 valence electrons. The molecule has 1 amide bonds. The maximum absolute atomic E-state index is 11.7. The van der Waals surface area contributed by atoms with Crippen molar-refractivity contribution in [3.05, 3.63) is 42.0 Å². The third-order valence-corrected chi connectivity index (χ3v) is 2.90. The molecule has 0 radical (unpaired) electrons. The van der Waals surface area contributed by atoms with Crippen LogP contribution in [-0.4, -0.2) is 23.0 Å². The van der Waals surface area contributed by atoms with Crippen LogP contribution in [0.5, 0.6) is 0 Å². The first kappa shape index (κ1) is 14.0. The number of hydrogen-bond donors (Lipinski definition) is 3. The number of hydrogen-bond acceptors (Lipinski definition) is 3. The van der Waals surface area contributed by atoms with E-state index in [-0.39, 0.29) is 23.9 Å². The number of amides is 1. The van der Waals surface area contributed by atoms with Crippen LogP contribution in [0, 0.1) is 0 Å². The van der Waals surface area contributed by atoms with Gasteiger partial charge in [0.2, 0.25) is 5.91 Å². The van der Waals surface area contributed by atoms with E-state index in [0.29, 0.717) is 5.69 Å². The lowest BCUT2D eigenvalue weighted by Crippen LogP contribution is -2.24. The first-order valence-electron chi connectivity index (χ1n) is 6.29. The minimum absolute atomic E-state index is 0.0710. The summed E-state index contributed by atoms with van der Waals surface area (Å²) in [7, 11) is 0. The van der Waals surface area contributed by atoms with Gasteiger partial charge in [-0.3, -0.25) is 4.79 Å². The van der Waals surface area contributed by atoms with Gasteiger partial charge in [0.15, 0.2) is 0 Å². The van der Waals surface area contributed by atoms with E-state index in [1.54, 1.807) is 19.1 Å². The van der Waals surface area contributed by atoms with Crippen molar-refractivity contribution in [2.24, 2.45) is 5.73 Å². The molecule has 4 N–H and O–H groups in total. The zero-order valence-electron chi connectivity index (χ0n) is 11.1. The lowest BCUT2D eigenvalue weighted by atomic mass is 10.0. The molecule has 2 aromatic carbocycles. The van der Waals surface area contributed by atoms with Crippen molar-refractivity contribution in [2.45, 2.75) is 19.4 Å². The third kappa shape index (κ3) is 3.13. The molecule has 1 atom stereocenters. The topological polar surface area (TPSA) is 92.4 Å². The molecular weight excluding hydrogens is 256 g/mol. The highest BCUT2D eigenvalue weighted by molar-refractivity contribution is 6.05. The molecule has 0 fully saturated rings. The number of nitrogens with two attached hydrogens (primary N) is 1. The van der Waals surface area contributed by atoms with E-state index in [2.05, 4.69) is 5.32 Å². The predicted octanol–water partition coefficient (Wildman–Crippen LogP) is 2.21. The van der Waals surface area contributed by atoms with Crippen LogP contribution in [0.3, 0.4) is 0 Å². The van der Waals surface area contributed by atoms with Gasteiger partial charge in [-0.1, -0.05) is 24.3 Å². The average molecular weight is 272 g/mol. The lowest BCUT2D eigenvalue weighted by molar-refractivity contribution is -0.116. The van der Waals surface area contributed by atoms with Crippen molar-refractivity contribution in [3.8, 4) is 0 Å². The summed E-state index contributed by atoms with van der Waals surface area (Å²) < 4.78 is 0. The number of rotatable bonds is 4. The second kappa shape index (κ2) is 5.71. The van der Waals surface area contributed by atoms with Gasteiger partial charge in [0.25, 0.3) is 0 Å². The Morgan fingerprint density at radius 2 is 1.85 bits per heavy atom. The van der Waals surface area contributed by atoms with Crippen LogP contribution in [-0.2, 0) is 4.79 Å². The molecule has 2 aromatic rings. The average Bonchev–Trinajstić information content (AvgIpc) is 2.36. The molecule has 0 spiro atoms. The standard InChI is InChI=1S/C15H16N2O3/c1-9(16)6-14(18)17-13-8-11-5-3-2-4-10(11)7-12(13)15(19)20/h2-5,7-9H,6,16H2,1H3,(H,17,18)(H,19,20). The molecule has 0 saturated heterocycles. The Hall–Kier alpha value is -2.40. The molecular formula is C15H16N2O3. The fourth-order valence-electron chi connectivity index (χ4n) is 2.01. The Bertz CT molecular complexity index is 665. The maximum Gasteiger partial charge on any atom is 0.337 e. The highest BCUT2D eigenvalue weighted by Gasteiger charge is 2.14. The molecule has 0 saturated carbocycles. The van der Waals surface area contributed by atoms with Crippen molar-refractivity contribution in [3.63, 3.8) is 0 Å². The molecule has 0 aliphatic carbocycles. The molecule has 0 aliphatic heterocycles. The Kier molecular flexibility index (Phi) is 4.00. The maximum atomic E-state index is 11.7. The van der Waals surface area contributed by atoms with Gasteiger partial charge in [-0.05, 0) is 29.8 Å². The molecule has 0 aromatic heterocycles. The number of carboxylic acids is 1. The van der Waals surface area contributed by atoms with Crippen molar-refractivity contribution in [2.75, 3.05) is 5.32 Å². The number of carbonyl (C=O) groups excluding carboxylic acids is 1. The van der Waals surface area contributed by atoms with Crippen LogP contribution in [0.25, 0.3) is 10.8 Å². The van der Waals surface area contributed by atoms with Crippen LogP contribution in [0.1, 0.15) is 23.7 Å². The molecule has 0 bridgehead atoms. The highest BCUT2D eigenvalue weighted by atomic mass is 16.4. The number of carboxylic acid groups (broad SMARTS) is 1. The largest absolute Gasteiger partial charge is 0.478 e. The molecule has 20 heavy (non-hydrogen) atoms. The summed E-state index contributed by atoms with van der Waals surface area (Å²) >= 11 is 0. The van der Waals surface area contributed by atoms with E-state index in [1.165, 1.54) is 0 Å². The van der Waals surface area contributed by atoms with E-state index in [9.17, 15) is 14.7 Å². The molecule has 5 heteroatoms. The van der Waals surface area contributed by atoms with E-state index >= 15 is 0 Å². The van der Waals surface area contributed by atoms with Crippen LogP contribution < -0.4 is 11.1 Å². The highest BCUT2D eigenvalue weighted by Crippen LogP contribution is 2.24. The van der Waals surface area contributed by atoms with E-state index in [4.69, 9.17) is 5.73 Å². The van der Waals surface area contributed by atoms with Gasteiger partial charge in [-0.2, -0.15) is 0 Å². The van der Waals surface area contributed by atoms with E-state index in [1.807, 2.05) is 24.3 Å². The van der Waals surface area contributed by atoms with Gasteiger partial charge >= 0.3 is 5.97 Å². The van der Waals surface area contributed by atoms with E-state index < -0.39 is 5.97 Å². The predicted molar refractivity (Wildman–Crippen MR) is 77.8 cm³/mol. The molecule has 2 rings (SSSR count). The number of benzene rings is 2. The summed E-state index contributed by atoms with van der Waals surface area (Å²) in [5, 5.41) is 13.5. The normalized spacial score (nSPS) is 12.1. The number of carbonyl (C=O) groups is 2. The van der Waals surface area contributed by atoms with Crippen LogP contribution in [0.4, 0.5) is 5.69 Å². The van der Waals surface area contributed by atoms with Crippen molar-refractivity contribution < 1.29 is 14.7 Å². The molecule has 5 nitrogen and oxygen atoms in total. The third-order valence-electron chi connectivity index (χ3n) is 2.90. The van der Waals surface area contributed by atoms with Gasteiger partial charge in [-0.25, -0.2) is 4.79 Å². The lowest BCUT2D eigenvalue weighted by Gasteiger charge is -2.11. The minimum atomic E-state index is -1.08. The summed E-state index contributed by atoms with van der Waals surface area (Å²) in [4.78, 5) is 23.0. The van der Waals surface area contributed by atoms with Crippen LogP contribution in [0.2, 0.25) is 0 Å². The Morgan fingerprint density at radius 3 is 2.40 bits per heavy atom. The van der Waals surface area contributed by atoms with Crippen molar-refractivity contribution in [1.82, 2.24) is 0 Å². The Balaban J connectivity index is 2.42. The zero-order chi connectivity index (χ0) is 14.7. The molecule has 0 aliphatic rings. The first-order valence-corrected chi connectivity index (χ1v) is 6.29. The van der Waals surface area contributed by atoms with Crippen LogP contribution in [0.15, 0.2) is 36.4 Å². The van der Waals surface area contributed by atoms with Gasteiger partial charge in [0.1, 0.15) is 0 Å². The summed E-state index contributed by atoms with van der Waals surface area (Å²) in [6.07, 6.45) is 0.145. The van der Waals surface area contributed by atoms with E-state index in [0.717, 1.165) is 10.8 Å². The number of fused-ring (bicyclic) bond motifs is 1. The smallest absolute Gasteiger partial charge is 0.337 e. The van der Waals surface area contributed by atoms with Gasteiger partial charge in [-0.15, -0.1) is 0 Å². The second-order valence-electron chi connectivity index (χ2n) is 4.78. The molecule has 0 heterocycles. The summed E-state index contributed by atoms with van der Waals surface area (Å²) in [5.41, 5.74) is 5.92. The van der Waals surface area contributed by atoms with Crippen molar-refractivity contribution in [1.29, 1.82) is 0 Å². The second-order valence-corrected chi connectivity index (χ2v) is 4.78. The fourth-order valence-corrected chi connectivity index (χ4v) is 2.01. The number of anilines is 1.